The molecule has 1 saturated heterocycles. The van der Waals surface area contributed by atoms with Gasteiger partial charge >= 0.3 is 0 Å². The van der Waals surface area contributed by atoms with Crippen molar-refractivity contribution in [1.82, 2.24) is 4.90 Å². The molecule has 0 spiro atoms. The fourth-order valence-corrected chi connectivity index (χ4v) is 5.18. The van der Waals surface area contributed by atoms with Gasteiger partial charge in [0.15, 0.2) is 0 Å². The Hall–Kier alpha value is -2.93. The predicted molar refractivity (Wildman–Crippen MR) is 149 cm³/mol. The number of benzene rings is 3. The molecule has 8 heteroatoms. The lowest BCUT2D eigenvalue weighted by molar-refractivity contribution is -0.123. The average molecular weight is 542 g/mol. The van der Waals surface area contributed by atoms with Gasteiger partial charge in [-0.1, -0.05) is 59.6 Å². The summed E-state index contributed by atoms with van der Waals surface area (Å²) in [5, 5.41) is 0.787. The van der Waals surface area contributed by atoms with E-state index >= 15 is 0 Å². The highest BCUT2D eigenvalue weighted by atomic mass is 35.5. The second kappa shape index (κ2) is 11.9. The first-order valence-electron chi connectivity index (χ1n) is 11.6. The van der Waals surface area contributed by atoms with Crippen LogP contribution in [0.4, 0.5) is 10.5 Å². The van der Waals surface area contributed by atoms with Crippen LogP contribution in [0.1, 0.15) is 30.5 Å². The number of imide groups is 1. The highest BCUT2D eigenvalue weighted by Gasteiger charge is 2.35. The number of hydrogen-bond acceptors (Lipinski definition) is 5. The van der Waals surface area contributed by atoms with Crippen LogP contribution < -0.4 is 9.64 Å². The third-order valence-corrected chi connectivity index (χ3v) is 7.36. The van der Waals surface area contributed by atoms with Crippen LogP contribution in [0.25, 0.3) is 6.08 Å². The summed E-state index contributed by atoms with van der Waals surface area (Å²) in [5.74, 6) is 0.286. The van der Waals surface area contributed by atoms with E-state index in [0.29, 0.717) is 26.3 Å². The molecule has 2 amide bonds. The molecular formula is C28H26Cl2N2O3S. The van der Waals surface area contributed by atoms with Gasteiger partial charge in [0.2, 0.25) is 0 Å². The Morgan fingerprint density at radius 2 is 1.72 bits per heavy atom. The van der Waals surface area contributed by atoms with E-state index in [4.69, 9.17) is 27.9 Å². The van der Waals surface area contributed by atoms with Gasteiger partial charge in [-0.2, -0.15) is 0 Å². The van der Waals surface area contributed by atoms with Crippen molar-refractivity contribution in [3.8, 4) is 5.75 Å². The summed E-state index contributed by atoms with van der Waals surface area (Å²) in [6.07, 6.45) is 1.72. The van der Waals surface area contributed by atoms with E-state index in [1.807, 2.05) is 54.6 Å². The second-order valence-corrected chi connectivity index (χ2v) is 10.0. The lowest BCUT2D eigenvalue weighted by atomic mass is 10.1. The van der Waals surface area contributed by atoms with Crippen LogP contribution in [0.5, 0.6) is 5.75 Å². The number of thioether (sulfide) groups is 1. The van der Waals surface area contributed by atoms with Crippen molar-refractivity contribution in [2.45, 2.75) is 27.0 Å². The molecule has 0 bridgehead atoms. The van der Waals surface area contributed by atoms with Crippen LogP contribution >= 0.6 is 35.0 Å². The zero-order chi connectivity index (χ0) is 25.7. The van der Waals surface area contributed by atoms with E-state index in [9.17, 15) is 9.59 Å². The number of rotatable bonds is 9. The lowest BCUT2D eigenvalue weighted by Crippen LogP contribution is -2.27. The quantitative estimate of drug-likeness (QED) is 0.261. The summed E-state index contributed by atoms with van der Waals surface area (Å²) in [5.41, 5.74) is 3.41. The molecule has 4 rings (SSSR count). The van der Waals surface area contributed by atoms with E-state index in [2.05, 4.69) is 18.7 Å². The second-order valence-electron chi connectivity index (χ2n) is 8.17. The molecule has 3 aromatic carbocycles. The highest BCUT2D eigenvalue weighted by molar-refractivity contribution is 8.18. The predicted octanol–water partition coefficient (Wildman–Crippen LogP) is 7.66. The van der Waals surface area contributed by atoms with Gasteiger partial charge < -0.3 is 9.64 Å². The first kappa shape index (κ1) is 26.1. The Kier molecular flexibility index (Phi) is 8.62. The molecule has 0 saturated carbocycles. The summed E-state index contributed by atoms with van der Waals surface area (Å²) in [7, 11) is 0. The van der Waals surface area contributed by atoms with Crippen LogP contribution in [-0.4, -0.2) is 29.1 Å². The van der Waals surface area contributed by atoms with Gasteiger partial charge in [0.05, 0.1) is 11.4 Å². The third kappa shape index (κ3) is 6.06. The van der Waals surface area contributed by atoms with Crippen molar-refractivity contribution in [3.63, 3.8) is 0 Å². The fraction of sp³-hybridized carbons (Fsp3) is 0.214. The molecular weight excluding hydrogens is 515 g/mol. The monoisotopic (exact) mass is 540 g/mol. The van der Waals surface area contributed by atoms with Crippen molar-refractivity contribution in [2.24, 2.45) is 0 Å². The lowest BCUT2D eigenvalue weighted by Gasteiger charge is -2.22. The number of anilines is 1. The van der Waals surface area contributed by atoms with Gasteiger partial charge in [-0.05, 0) is 61.5 Å². The maximum Gasteiger partial charge on any atom is 0.293 e. The molecule has 186 valence electrons. The Bertz CT molecular complexity index is 1290. The number of carbonyl (C=O) groups excluding carboxylic acids is 2. The Morgan fingerprint density at radius 3 is 2.42 bits per heavy atom. The summed E-state index contributed by atoms with van der Waals surface area (Å²) < 4.78 is 6.20. The molecule has 0 N–H and O–H groups in total. The molecule has 5 nitrogen and oxygen atoms in total. The summed E-state index contributed by atoms with van der Waals surface area (Å²) in [6.45, 7) is 6.34. The molecule has 1 aliphatic heterocycles. The number of amides is 2. The normalized spacial score (nSPS) is 14.6. The highest BCUT2D eigenvalue weighted by Crippen LogP contribution is 2.36. The van der Waals surface area contributed by atoms with E-state index in [1.165, 1.54) is 4.90 Å². The zero-order valence-electron chi connectivity index (χ0n) is 20.0. The van der Waals surface area contributed by atoms with Crippen LogP contribution in [0, 0.1) is 0 Å². The van der Waals surface area contributed by atoms with Crippen LogP contribution in [-0.2, 0) is 17.9 Å². The van der Waals surface area contributed by atoms with Crippen molar-refractivity contribution >= 4 is 57.9 Å². The van der Waals surface area contributed by atoms with Gasteiger partial charge in [-0.15, -0.1) is 0 Å². The van der Waals surface area contributed by atoms with Crippen molar-refractivity contribution in [1.29, 1.82) is 0 Å². The number of carbonyl (C=O) groups is 2. The van der Waals surface area contributed by atoms with Gasteiger partial charge in [-0.25, -0.2) is 0 Å². The van der Waals surface area contributed by atoms with E-state index < -0.39 is 0 Å². The summed E-state index contributed by atoms with van der Waals surface area (Å²) in [6, 6.07) is 20.6. The van der Waals surface area contributed by atoms with Gasteiger partial charge in [0, 0.05) is 46.0 Å². The number of ether oxygens (including phenoxy) is 1. The Morgan fingerprint density at radius 1 is 0.972 bits per heavy atom. The molecule has 0 unspecified atom stereocenters. The van der Waals surface area contributed by atoms with Gasteiger partial charge in [0.1, 0.15) is 12.4 Å². The molecule has 0 radical (unpaired) electrons. The third-order valence-electron chi connectivity index (χ3n) is 5.87. The standard InChI is InChI=1S/C28H26Cl2N2O3S/c1-3-31(4-2)23-13-11-20(25(16-23)35-18-21-10-12-22(29)15-24(21)30)14-26-27(33)32(28(34)36-26)17-19-8-6-5-7-9-19/h5-16H,3-4,17-18H2,1-2H3/b26-14+. The topological polar surface area (TPSA) is 49.9 Å². The van der Waals surface area contributed by atoms with Crippen molar-refractivity contribution in [3.05, 3.63) is 98.4 Å². The molecule has 1 aliphatic rings. The van der Waals surface area contributed by atoms with E-state index in [-0.39, 0.29) is 24.3 Å². The molecule has 3 aromatic rings. The first-order valence-corrected chi connectivity index (χ1v) is 13.2. The van der Waals surface area contributed by atoms with Crippen LogP contribution in [0.3, 0.4) is 0 Å². The Balaban J connectivity index is 1.63. The van der Waals surface area contributed by atoms with Crippen molar-refractivity contribution in [2.75, 3.05) is 18.0 Å². The number of hydrogen-bond donors (Lipinski definition) is 0. The largest absolute Gasteiger partial charge is 0.488 e. The zero-order valence-corrected chi connectivity index (χ0v) is 22.4. The fourth-order valence-electron chi connectivity index (χ4n) is 3.89. The van der Waals surface area contributed by atoms with Crippen LogP contribution in [0.2, 0.25) is 10.0 Å². The van der Waals surface area contributed by atoms with Gasteiger partial charge in [0.25, 0.3) is 11.1 Å². The van der Waals surface area contributed by atoms with Gasteiger partial charge in [-0.3, -0.25) is 14.5 Å². The molecule has 36 heavy (non-hydrogen) atoms. The minimum Gasteiger partial charge on any atom is -0.488 e. The summed E-state index contributed by atoms with van der Waals surface area (Å²) >= 11 is 13.3. The molecule has 1 fully saturated rings. The molecule has 1 heterocycles. The van der Waals surface area contributed by atoms with E-state index in [1.54, 1.807) is 18.2 Å². The molecule has 0 atom stereocenters. The SMILES string of the molecule is CCN(CC)c1ccc(/C=C2/SC(=O)N(Cc3ccccc3)C2=O)c(OCc2ccc(Cl)cc2Cl)c1. The number of halogens is 2. The smallest absolute Gasteiger partial charge is 0.293 e. The van der Waals surface area contributed by atoms with Crippen molar-refractivity contribution < 1.29 is 14.3 Å². The maximum atomic E-state index is 13.1. The average Bonchev–Trinajstić information content (AvgIpc) is 3.13. The minimum atomic E-state index is -0.312. The Labute approximate surface area is 225 Å². The minimum absolute atomic E-state index is 0.230. The molecule has 0 aromatic heterocycles. The van der Waals surface area contributed by atoms with Crippen LogP contribution in [0.15, 0.2) is 71.6 Å². The van der Waals surface area contributed by atoms with E-state index in [0.717, 1.165) is 41.7 Å². The molecule has 0 aliphatic carbocycles. The summed E-state index contributed by atoms with van der Waals surface area (Å²) in [4.78, 5) is 29.6. The number of nitrogens with zero attached hydrogens (tertiary/aromatic N) is 2. The maximum absolute atomic E-state index is 13.1. The first-order chi connectivity index (χ1) is 17.4.